The topological polar surface area (TPSA) is 67.0 Å². The van der Waals surface area contributed by atoms with Gasteiger partial charge in [-0.3, -0.25) is 4.79 Å². The molecule has 0 atom stereocenters. The van der Waals surface area contributed by atoms with Gasteiger partial charge in [0.1, 0.15) is 24.0 Å². The van der Waals surface area contributed by atoms with Crippen LogP contribution in [0.5, 0.6) is 5.75 Å². The number of nitrogens with one attached hydrogen (secondary N) is 1. The summed E-state index contributed by atoms with van der Waals surface area (Å²) >= 11 is 0. The number of para-hydroxylation sites is 1. The number of aromatic nitrogens is 1. The van der Waals surface area contributed by atoms with Gasteiger partial charge in [0.2, 0.25) is 0 Å². The molecule has 0 aliphatic heterocycles. The summed E-state index contributed by atoms with van der Waals surface area (Å²) in [5.41, 5.74) is 4.50. The van der Waals surface area contributed by atoms with Crippen molar-refractivity contribution in [2.24, 2.45) is 0 Å². The van der Waals surface area contributed by atoms with Crippen molar-refractivity contribution >= 4 is 22.9 Å². The second-order valence-electron chi connectivity index (χ2n) is 7.81. The van der Waals surface area contributed by atoms with Gasteiger partial charge in [0.25, 0.3) is 5.91 Å². The van der Waals surface area contributed by atoms with E-state index in [0.29, 0.717) is 13.2 Å². The predicted molar refractivity (Wildman–Crippen MR) is 118 cm³/mol. The molecule has 30 heavy (non-hydrogen) atoms. The minimum atomic E-state index is -0.296. The fraction of sp³-hybridized carbons (Fsp3) is 0.280. The minimum absolute atomic E-state index is 0.135. The molecule has 0 spiro atoms. The molecule has 2 aromatic carbocycles. The number of fused-ring (bicyclic) bond motifs is 1. The Kier molecular flexibility index (Phi) is 5.58. The van der Waals surface area contributed by atoms with Gasteiger partial charge in [0.15, 0.2) is 0 Å². The van der Waals surface area contributed by atoms with Crippen LogP contribution in [0.4, 0.5) is 0 Å². The van der Waals surface area contributed by atoms with E-state index in [9.17, 15) is 10.1 Å². The summed E-state index contributed by atoms with van der Waals surface area (Å²) in [6, 6.07) is 16.4. The molecule has 5 nitrogen and oxygen atoms in total. The quantitative estimate of drug-likeness (QED) is 0.469. The molecule has 152 valence electrons. The van der Waals surface area contributed by atoms with Crippen LogP contribution in [0, 0.1) is 25.2 Å². The Labute approximate surface area is 176 Å². The lowest BCUT2D eigenvalue weighted by molar-refractivity contribution is -0.117. The third kappa shape index (κ3) is 4.38. The van der Waals surface area contributed by atoms with E-state index >= 15 is 0 Å². The first-order chi connectivity index (χ1) is 14.5. The maximum atomic E-state index is 12.3. The third-order valence-electron chi connectivity index (χ3n) is 5.48. The number of nitriles is 1. The molecule has 1 saturated carbocycles. The van der Waals surface area contributed by atoms with E-state index in [1.54, 1.807) is 6.08 Å². The Morgan fingerprint density at radius 3 is 2.77 bits per heavy atom. The van der Waals surface area contributed by atoms with Crippen LogP contribution in [0.25, 0.3) is 17.0 Å². The second kappa shape index (κ2) is 8.46. The van der Waals surface area contributed by atoms with Gasteiger partial charge in [-0.1, -0.05) is 24.3 Å². The summed E-state index contributed by atoms with van der Waals surface area (Å²) in [4.78, 5) is 12.3. The molecule has 1 fully saturated rings. The number of hydrogen-bond acceptors (Lipinski definition) is 3. The van der Waals surface area contributed by atoms with E-state index in [4.69, 9.17) is 4.74 Å². The van der Waals surface area contributed by atoms with Gasteiger partial charge in [-0.25, -0.2) is 0 Å². The van der Waals surface area contributed by atoms with Gasteiger partial charge < -0.3 is 14.6 Å². The number of ether oxygens (including phenoxy) is 1. The molecule has 1 heterocycles. The van der Waals surface area contributed by atoms with Crippen LogP contribution < -0.4 is 10.1 Å². The first kappa shape index (κ1) is 19.8. The molecule has 1 amide bonds. The van der Waals surface area contributed by atoms with Crippen molar-refractivity contribution in [3.05, 3.63) is 70.9 Å². The summed E-state index contributed by atoms with van der Waals surface area (Å²) in [6.45, 7) is 5.35. The van der Waals surface area contributed by atoms with Crippen LogP contribution in [-0.4, -0.2) is 23.1 Å². The Morgan fingerprint density at radius 1 is 1.23 bits per heavy atom. The number of benzene rings is 2. The Bertz CT molecular complexity index is 1160. The van der Waals surface area contributed by atoms with Gasteiger partial charge in [-0.2, -0.15) is 5.26 Å². The summed E-state index contributed by atoms with van der Waals surface area (Å²) in [6.07, 6.45) is 5.64. The summed E-state index contributed by atoms with van der Waals surface area (Å²) in [5, 5.41) is 13.4. The van der Waals surface area contributed by atoms with Crippen molar-refractivity contribution in [3.8, 4) is 11.8 Å². The fourth-order valence-electron chi connectivity index (χ4n) is 3.44. The van der Waals surface area contributed by atoms with Crippen LogP contribution in [0.2, 0.25) is 0 Å². The average molecular weight is 399 g/mol. The van der Waals surface area contributed by atoms with Gasteiger partial charge in [-0.05, 0) is 62.1 Å². The van der Waals surface area contributed by atoms with Crippen LogP contribution in [0.3, 0.4) is 0 Å². The predicted octanol–water partition coefficient (Wildman–Crippen LogP) is 4.52. The van der Waals surface area contributed by atoms with E-state index in [0.717, 1.165) is 35.1 Å². The largest absolute Gasteiger partial charge is 0.492 e. The molecule has 0 unspecified atom stereocenters. The maximum absolute atomic E-state index is 12.3. The first-order valence-electron chi connectivity index (χ1n) is 10.3. The smallest absolute Gasteiger partial charge is 0.262 e. The highest BCUT2D eigenvalue weighted by Crippen LogP contribution is 2.25. The van der Waals surface area contributed by atoms with Crippen molar-refractivity contribution in [2.75, 3.05) is 6.61 Å². The van der Waals surface area contributed by atoms with E-state index in [1.165, 1.54) is 11.1 Å². The lowest BCUT2D eigenvalue weighted by Gasteiger charge is -2.10. The van der Waals surface area contributed by atoms with Gasteiger partial charge in [0.05, 0.1) is 6.54 Å². The van der Waals surface area contributed by atoms with Crippen molar-refractivity contribution in [1.82, 2.24) is 9.88 Å². The summed E-state index contributed by atoms with van der Waals surface area (Å²) < 4.78 is 8.05. The van der Waals surface area contributed by atoms with Crippen molar-refractivity contribution < 1.29 is 9.53 Å². The van der Waals surface area contributed by atoms with Crippen LogP contribution in [-0.2, 0) is 11.3 Å². The molecular weight excluding hydrogens is 374 g/mol. The van der Waals surface area contributed by atoms with Crippen LogP contribution in [0.15, 0.2) is 54.2 Å². The fourth-order valence-corrected chi connectivity index (χ4v) is 3.44. The summed E-state index contributed by atoms with van der Waals surface area (Å²) in [7, 11) is 0. The molecule has 5 heteroatoms. The normalized spacial score (nSPS) is 13.8. The molecule has 3 aromatic rings. The number of hydrogen-bond donors (Lipinski definition) is 1. The average Bonchev–Trinajstić information content (AvgIpc) is 3.49. The zero-order chi connectivity index (χ0) is 21.1. The molecule has 0 saturated heterocycles. The molecule has 4 rings (SSSR count). The lowest BCUT2D eigenvalue weighted by atomic mass is 10.1. The number of carbonyl (C=O) groups is 1. The SMILES string of the molecule is Cc1ccc(OCCn2cc(/C=C(\C#N)C(=O)NC3CC3)c3ccccc32)cc1C. The zero-order valence-electron chi connectivity index (χ0n) is 17.3. The second-order valence-corrected chi connectivity index (χ2v) is 7.81. The van der Waals surface area contributed by atoms with Crippen LogP contribution >= 0.6 is 0 Å². The van der Waals surface area contributed by atoms with Crippen molar-refractivity contribution in [3.63, 3.8) is 0 Å². The van der Waals surface area contributed by atoms with Crippen LogP contribution in [0.1, 0.15) is 29.5 Å². The zero-order valence-corrected chi connectivity index (χ0v) is 17.3. The standard InChI is InChI=1S/C25H25N3O2/c1-17-7-10-22(13-18(17)2)30-12-11-28-16-20(23-5-3-4-6-24(23)28)14-19(15-26)25(29)27-21-8-9-21/h3-7,10,13-14,16,21H,8-9,11-12H2,1-2H3,(H,27,29)/b19-14+. The van der Waals surface area contributed by atoms with Gasteiger partial charge in [0, 0.05) is 28.7 Å². The highest BCUT2D eigenvalue weighted by atomic mass is 16.5. The van der Waals surface area contributed by atoms with Gasteiger partial charge >= 0.3 is 0 Å². The highest BCUT2D eigenvalue weighted by Gasteiger charge is 2.24. The monoisotopic (exact) mass is 399 g/mol. The Hall–Kier alpha value is -3.52. The number of nitrogens with zero attached hydrogens (tertiary/aromatic N) is 2. The van der Waals surface area contributed by atoms with Crippen molar-refractivity contribution in [2.45, 2.75) is 39.3 Å². The number of aryl methyl sites for hydroxylation is 2. The van der Waals surface area contributed by atoms with E-state index in [2.05, 4.69) is 35.9 Å². The molecule has 0 radical (unpaired) electrons. The minimum Gasteiger partial charge on any atom is -0.492 e. The van der Waals surface area contributed by atoms with E-state index < -0.39 is 0 Å². The Morgan fingerprint density at radius 2 is 2.03 bits per heavy atom. The van der Waals surface area contributed by atoms with Crippen molar-refractivity contribution in [1.29, 1.82) is 5.26 Å². The molecular formula is C25H25N3O2. The lowest BCUT2D eigenvalue weighted by Crippen LogP contribution is -2.26. The van der Waals surface area contributed by atoms with Gasteiger partial charge in [-0.15, -0.1) is 0 Å². The number of amides is 1. The summed E-state index contributed by atoms with van der Waals surface area (Å²) in [5.74, 6) is 0.563. The number of carbonyl (C=O) groups excluding carboxylic acids is 1. The maximum Gasteiger partial charge on any atom is 0.262 e. The first-order valence-corrected chi connectivity index (χ1v) is 10.3. The number of rotatable bonds is 7. The van der Waals surface area contributed by atoms with E-state index in [1.807, 2.05) is 42.6 Å². The van der Waals surface area contributed by atoms with E-state index in [-0.39, 0.29) is 17.5 Å². The molecule has 1 aliphatic rings. The third-order valence-corrected chi connectivity index (χ3v) is 5.48. The Balaban J connectivity index is 1.54. The highest BCUT2D eigenvalue weighted by molar-refractivity contribution is 6.04. The molecule has 1 aliphatic carbocycles. The molecule has 1 aromatic heterocycles. The molecule has 1 N–H and O–H groups in total. The molecule has 0 bridgehead atoms.